The molecule has 0 aromatic carbocycles. The summed E-state index contributed by atoms with van der Waals surface area (Å²) in [5.74, 6) is 0. The van der Waals surface area contributed by atoms with Crippen molar-refractivity contribution >= 4 is 0 Å². The number of hydrogen-bond acceptors (Lipinski definition) is 4. The molecule has 5 heteroatoms. The van der Waals surface area contributed by atoms with Crippen molar-refractivity contribution in [1.82, 2.24) is 14.9 Å². The van der Waals surface area contributed by atoms with Crippen molar-refractivity contribution in [2.75, 3.05) is 19.8 Å². The lowest BCUT2D eigenvalue weighted by atomic mass is 10.3. The third-order valence-corrected chi connectivity index (χ3v) is 2.11. The van der Waals surface area contributed by atoms with E-state index in [-0.39, 0.29) is 6.61 Å². The summed E-state index contributed by atoms with van der Waals surface area (Å²) in [5.41, 5.74) is 1.04. The highest BCUT2D eigenvalue weighted by molar-refractivity contribution is 4.96. The van der Waals surface area contributed by atoms with Crippen molar-refractivity contribution in [2.45, 2.75) is 33.0 Å². The maximum atomic E-state index is 8.54. The van der Waals surface area contributed by atoms with Crippen LogP contribution in [0.3, 0.4) is 0 Å². The molecular weight excluding hydrogens is 206 g/mol. The molecule has 16 heavy (non-hydrogen) atoms. The van der Waals surface area contributed by atoms with Crippen molar-refractivity contribution in [3.63, 3.8) is 0 Å². The Morgan fingerprint density at radius 2 is 2.31 bits per heavy atom. The van der Waals surface area contributed by atoms with E-state index in [9.17, 15) is 0 Å². The van der Waals surface area contributed by atoms with Gasteiger partial charge in [-0.05, 0) is 0 Å². The fourth-order valence-electron chi connectivity index (χ4n) is 1.27. The Morgan fingerprint density at radius 1 is 1.50 bits per heavy atom. The Kier molecular flexibility index (Phi) is 6.07. The molecule has 1 rings (SSSR count). The van der Waals surface area contributed by atoms with Crippen LogP contribution in [0.15, 0.2) is 12.5 Å². The fraction of sp³-hybridized carbons (Fsp3) is 0.727. The molecule has 0 atom stereocenters. The van der Waals surface area contributed by atoms with Crippen molar-refractivity contribution < 1.29 is 9.84 Å². The Labute approximate surface area is 96.4 Å². The van der Waals surface area contributed by atoms with Crippen molar-refractivity contribution in [1.29, 1.82) is 0 Å². The summed E-state index contributed by atoms with van der Waals surface area (Å²) in [5, 5.41) is 11.8. The van der Waals surface area contributed by atoms with Crippen LogP contribution in [0.25, 0.3) is 0 Å². The van der Waals surface area contributed by atoms with Crippen LogP contribution in [0.2, 0.25) is 0 Å². The molecule has 5 nitrogen and oxygen atoms in total. The van der Waals surface area contributed by atoms with Crippen LogP contribution in [0.1, 0.15) is 19.5 Å². The third kappa shape index (κ3) is 5.25. The topological polar surface area (TPSA) is 59.3 Å². The van der Waals surface area contributed by atoms with Crippen LogP contribution in [0.5, 0.6) is 0 Å². The summed E-state index contributed by atoms with van der Waals surface area (Å²) in [4.78, 5) is 4.28. The first-order valence-corrected chi connectivity index (χ1v) is 5.65. The second-order valence-corrected chi connectivity index (χ2v) is 3.97. The number of rotatable bonds is 8. The zero-order valence-electron chi connectivity index (χ0n) is 10.0. The molecule has 92 valence electrons. The molecule has 0 amide bonds. The molecule has 2 N–H and O–H groups in total. The van der Waals surface area contributed by atoms with Crippen LogP contribution in [0.4, 0.5) is 0 Å². The van der Waals surface area contributed by atoms with Gasteiger partial charge in [-0.25, -0.2) is 4.98 Å². The van der Waals surface area contributed by atoms with Gasteiger partial charge in [0.05, 0.1) is 31.8 Å². The van der Waals surface area contributed by atoms with E-state index in [0.29, 0.717) is 19.3 Å². The summed E-state index contributed by atoms with van der Waals surface area (Å²) in [6, 6.07) is 0.470. The van der Waals surface area contributed by atoms with Crippen LogP contribution >= 0.6 is 0 Å². The Morgan fingerprint density at radius 3 is 3.00 bits per heavy atom. The molecule has 1 aromatic rings. The zero-order valence-corrected chi connectivity index (χ0v) is 10.0. The van der Waals surface area contributed by atoms with E-state index >= 15 is 0 Å². The molecule has 0 spiro atoms. The lowest BCUT2D eigenvalue weighted by molar-refractivity contribution is 0.0870. The second kappa shape index (κ2) is 7.38. The number of nitrogens with zero attached hydrogens (tertiary/aromatic N) is 2. The lowest BCUT2D eigenvalue weighted by Crippen LogP contribution is -2.21. The summed E-state index contributed by atoms with van der Waals surface area (Å²) < 4.78 is 7.17. The molecule has 0 saturated carbocycles. The van der Waals surface area contributed by atoms with Crippen LogP contribution in [-0.4, -0.2) is 40.5 Å². The highest BCUT2D eigenvalue weighted by Gasteiger charge is 1.99. The molecule has 0 unspecified atom stereocenters. The molecule has 0 bridgehead atoms. The smallest absolute Gasteiger partial charge is 0.0950 e. The average Bonchev–Trinajstić information content (AvgIpc) is 2.70. The number of aliphatic hydroxyl groups excluding tert-OH is 1. The maximum Gasteiger partial charge on any atom is 0.0950 e. The minimum Gasteiger partial charge on any atom is -0.394 e. The zero-order chi connectivity index (χ0) is 11.8. The summed E-state index contributed by atoms with van der Waals surface area (Å²) >= 11 is 0. The first-order valence-electron chi connectivity index (χ1n) is 5.65. The number of imidazole rings is 1. The highest BCUT2D eigenvalue weighted by Crippen LogP contribution is 1.96. The summed E-state index contributed by atoms with van der Waals surface area (Å²) in [6.45, 7) is 6.87. The number of hydrogen-bond donors (Lipinski definition) is 2. The van der Waals surface area contributed by atoms with Gasteiger partial charge in [0.2, 0.25) is 0 Å². The third-order valence-electron chi connectivity index (χ3n) is 2.11. The SMILES string of the molecule is CC(C)NCc1cn(CCOCCO)cn1. The molecule has 1 heterocycles. The van der Waals surface area contributed by atoms with Gasteiger partial charge >= 0.3 is 0 Å². The Balaban J connectivity index is 2.22. The average molecular weight is 227 g/mol. The van der Waals surface area contributed by atoms with E-state index in [0.717, 1.165) is 18.8 Å². The summed E-state index contributed by atoms with van der Waals surface area (Å²) in [7, 11) is 0. The molecular formula is C11H21N3O2. The molecule has 0 saturated heterocycles. The lowest BCUT2D eigenvalue weighted by Gasteiger charge is -2.05. The standard InChI is InChI=1S/C11H21N3O2/c1-10(2)12-7-11-8-14(9-13-11)3-5-16-6-4-15/h8-10,12,15H,3-7H2,1-2H3. The molecule has 0 aliphatic rings. The second-order valence-electron chi connectivity index (χ2n) is 3.97. The summed E-state index contributed by atoms with van der Waals surface area (Å²) in [6.07, 6.45) is 3.82. The van der Waals surface area contributed by atoms with Gasteiger partial charge in [-0.2, -0.15) is 0 Å². The minimum atomic E-state index is 0.0769. The van der Waals surface area contributed by atoms with E-state index in [2.05, 4.69) is 24.1 Å². The van der Waals surface area contributed by atoms with Gasteiger partial charge in [0, 0.05) is 25.3 Å². The van der Waals surface area contributed by atoms with E-state index in [4.69, 9.17) is 9.84 Å². The van der Waals surface area contributed by atoms with Crippen molar-refractivity contribution in [2.24, 2.45) is 0 Å². The van der Waals surface area contributed by atoms with Gasteiger partial charge in [-0.1, -0.05) is 13.8 Å². The Bertz CT molecular complexity index is 287. The quantitative estimate of drug-likeness (QED) is 0.631. The Hall–Kier alpha value is -0.910. The number of aliphatic hydroxyl groups is 1. The van der Waals surface area contributed by atoms with Crippen molar-refractivity contribution in [3.05, 3.63) is 18.2 Å². The molecule has 0 radical (unpaired) electrons. The first kappa shape index (κ1) is 13.2. The number of ether oxygens (including phenoxy) is 1. The number of aromatic nitrogens is 2. The van der Waals surface area contributed by atoms with Gasteiger partial charge in [-0.15, -0.1) is 0 Å². The van der Waals surface area contributed by atoms with Crippen LogP contribution in [-0.2, 0) is 17.8 Å². The minimum absolute atomic E-state index is 0.0769. The molecule has 0 aliphatic carbocycles. The first-order chi connectivity index (χ1) is 7.72. The van der Waals surface area contributed by atoms with E-state index < -0.39 is 0 Å². The predicted molar refractivity (Wildman–Crippen MR) is 62.1 cm³/mol. The van der Waals surface area contributed by atoms with Gasteiger partial charge in [-0.3, -0.25) is 0 Å². The van der Waals surface area contributed by atoms with Gasteiger partial charge < -0.3 is 19.7 Å². The number of nitrogens with one attached hydrogen (secondary N) is 1. The molecule has 0 fully saturated rings. The van der Waals surface area contributed by atoms with Crippen LogP contribution < -0.4 is 5.32 Å². The van der Waals surface area contributed by atoms with Crippen LogP contribution in [0, 0.1) is 0 Å². The van der Waals surface area contributed by atoms with Gasteiger partial charge in [0.25, 0.3) is 0 Å². The van der Waals surface area contributed by atoms with E-state index in [1.165, 1.54) is 0 Å². The normalized spacial score (nSPS) is 11.2. The van der Waals surface area contributed by atoms with Crippen molar-refractivity contribution in [3.8, 4) is 0 Å². The maximum absolute atomic E-state index is 8.54. The fourth-order valence-corrected chi connectivity index (χ4v) is 1.27. The van der Waals surface area contributed by atoms with Gasteiger partial charge in [0.15, 0.2) is 0 Å². The van der Waals surface area contributed by atoms with Gasteiger partial charge in [0.1, 0.15) is 0 Å². The van der Waals surface area contributed by atoms with E-state index in [1.807, 2.05) is 10.8 Å². The monoisotopic (exact) mass is 227 g/mol. The highest BCUT2D eigenvalue weighted by atomic mass is 16.5. The van der Waals surface area contributed by atoms with E-state index in [1.54, 1.807) is 6.33 Å². The molecule has 0 aliphatic heterocycles. The largest absolute Gasteiger partial charge is 0.394 e. The predicted octanol–water partition coefficient (Wildman–Crippen LogP) is 0.390. The molecule has 1 aromatic heterocycles.